The molecule has 3 heterocycles. The first-order valence-electron chi connectivity index (χ1n) is 13.8. The Balaban J connectivity index is 1.53. The van der Waals surface area contributed by atoms with Crippen LogP contribution in [0.15, 0.2) is 103 Å². The number of nitrogens with zero attached hydrogens (tertiary/aromatic N) is 1. The van der Waals surface area contributed by atoms with Crippen molar-refractivity contribution in [1.29, 1.82) is 0 Å². The van der Waals surface area contributed by atoms with Crippen LogP contribution in [0.2, 0.25) is 0 Å². The highest BCUT2D eigenvalue weighted by Crippen LogP contribution is 2.62. The van der Waals surface area contributed by atoms with Gasteiger partial charge in [-0.3, -0.25) is 14.4 Å². The summed E-state index contributed by atoms with van der Waals surface area (Å²) in [5.41, 5.74) is 2.55. The number of nitrogens with one attached hydrogen (secondary N) is 1. The second-order valence-electron chi connectivity index (χ2n) is 10.7. The van der Waals surface area contributed by atoms with Gasteiger partial charge in [0, 0.05) is 23.5 Å². The van der Waals surface area contributed by atoms with E-state index in [0.717, 1.165) is 11.1 Å². The minimum Gasteiger partial charge on any atom is -0.497 e. The van der Waals surface area contributed by atoms with E-state index in [-0.39, 0.29) is 17.5 Å². The van der Waals surface area contributed by atoms with Crippen LogP contribution in [0.4, 0.5) is 5.69 Å². The number of Topliss-reactive ketones (excluding diaryl/α,β-unsaturated/α-hetero) is 2. The maximum atomic E-state index is 14.8. The maximum absolute atomic E-state index is 14.8. The maximum Gasteiger partial charge on any atom is 0.238 e. The van der Waals surface area contributed by atoms with Gasteiger partial charge in [-0.05, 0) is 41.0 Å². The molecule has 0 radical (unpaired) electrons. The lowest BCUT2D eigenvalue weighted by atomic mass is 9.62. The molecule has 0 saturated carbocycles. The highest BCUT2D eigenvalue weighted by atomic mass is 16.5. The van der Waals surface area contributed by atoms with Crippen LogP contribution >= 0.6 is 0 Å². The molecule has 3 aliphatic rings. The molecule has 1 saturated heterocycles. The normalized spacial score (nSPS) is 23.1. The Hall–Kier alpha value is -5.17. The first-order valence-corrected chi connectivity index (χ1v) is 13.8. The number of methoxy groups -OCH3 is 2. The van der Waals surface area contributed by atoms with Gasteiger partial charge in [0.1, 0.15) is 23.0 Å². The van der Waals surface area contributed by atoms with Gasteiger partial charge in [0.2, 0.25) is 5.91 Å². The SMILES string of the molecule is COc1ccc(C(=O)[C@H]2[C@@H](C(=O)c3ccccc3)[C@]3(C(=O)Nc4ccccc43)[C@H]3c4ccccc4C=CN23)c(OC)c1. The average Bonchev–Trinajstić information content (AvgIpc) is 3.52. The lowest BCUT2D eigenvalue weighted by Gasteiger charge is -2.38. The minimum atomic E-state index is -1.38. The van der Waals surface area contributed by atoms with Gasteiger partial charge in [0.15, 0.2) is 11.6 Å². The van der Waals surface area contributed by atoms with Crippen molar-refractivity contribution < 1.29 is 23.9 Å². The Morgan fingerprint density at radius 3 is 2.36 bits per heavy atom. The zero-order chi connectivity index (χ0) is 29.0. The number of benzene rings is 4. The van der Waals surface area contributed by atoms with Gasteiger partial charge in [-0.15, -0.1) is 0 Å². The topological polar surface area (TPSA) is 84.9 Å². The summed E-state index contributed by atoms with van der Waals surface area (Å²) in [5.74, 6) is -1.06. The Kier molecular flexibility index (Phi) is 5.97. The summed E-state index contributed by atoms with van der Waals surface area (Å²) in [4.78, 5) is 46.0. The quantitative estimate of drug-likeness (QED) is 0.308. The van der Waals surface area contributed by atoms with Crippen molar-refractivity contribution >= 4 is 29.2 Å². The molecular formula is C35H28N2O5. The highest BCUT2D eigenvalue weighted by Gasteiger charge is 2.70. The second kappa shape index (κ2) is 9.73. The lowest BCUT2D eigenvalue weighted by Crippen LogP contribution is -2.49. The number of anilines is 1. The lowest BCUT2D eigenvalue weighted by molar-refractivity contribution is -0.122. The number of ketones is 2. The first kappa shape index (κ1) is 25.8. The summed E-state index contributed by atoms with van der Waals surface area (Å²) in [6.07, 6.45) is 3.80. The Bertz CT molecular complexity index is 1780. The first-order chi connectivity index (χ1) is 20.5. The predicted molar refractivity (Wildman–Crippen MR) is 159 cm³/mol. The Morgan fingerprint density at radius 2 is 1.57 bits per heavy atom. The van der Waals surface area contributed by atoms with Gasteiger partial charge in [-0.2, -0.15) is 0 Å². The number of amides is 1. The van der Waals surface area contributed by atoms with E-state index in [1.54, 1.807) is 49.6 Å². The zero-order valence-electron chi connectivity index (χ0n) is 23.1. The third kappa shape index (κ3) is 3.49. The van der Waals surface area contributed by atoms with Crippen molar-refractivity contribution in [2.45, 2.75) is 17.5 Å². The molecule has 1 N–H and O–H groups in total. The summed E-state index contributed by atoms with van der Waals surface area (Å²) in [6, 6.07) is 27.6. The van der Waals surface area contributed by atoms with E-state index >= 15 is 0 Å². The monoisotopic (exact) mass is 556 g/mol. The number of ether oxygens (including phenoxy) is 2. The van der Waals surface area contributed by atoms with Crippen LogP contribution in [-0.4, -0.2) is 42.6 Å². The molecule has 7 heteroatoms. The molecule has 0 unspecified atom stereocenters. The summed E-state index contributed by atoms with van der Waals surface area (Å²) >= 11 is 0. The molecular weight excluding hydrogens is 528 g/mol. The van der Waals surface area contributed by atoms with E-state index in [2.05, 4.69) is 5.32 Å². The van der Waals surface area contributed by atoms with E-state index in [0.29, 0.717) is 33.9 Å². The molecule has 4 aromatic carbocycles. The summed E-state index contributed by atoms with van der Waals surface area (Å²) < 4.78 is 11.0. The summed E-state index contributed by atoms with van der Waals surface area (Å²) in [7, 11) is 3.04. The van der Waals surface area contributed by atoms with Crippen LogP contribution in [0.3, 0.4) is 0 Å². The van der Waals surface area contributed by atoms with E-state index in [1.165, 1.54) is 7.11 Å². The van der Waals surface area contributed by atoms with Gasteiger partial charge in [0.05, 0.1) is 31.7 Å². The fourth-order valence-electron chi connectivity index (χ4n) is 7.11. The van der Waals surface area contributed by atoms with E-state index < -0.39 is 23.4 Å². The smallest absolute Gasteiger partial charge is 0.238 e. The highest BCUT2D eigenvalue weighted by molar-refractivity contribution is 6.17. The molecule has 1 amide bonds. The summed E-state index contributed by atoms with van der Waals surface area (Å²) in [6.45, 7) is 0. The fourth-order valence-corrected chi connectivity index (χ4v) is 7.11. The molecule has 1 fully saturated rings. The van der Waals surface area contributed by atoms with Crippen molar-refractivity contribution in [3.05, 3.63) is 131 Å². The van der Waals surface area contributed by atoms with Crippen LogP contribution in [0, 0.1) is 5.92 Å². The third-order valence-electron chi connectivity index (χ3n) is 8.85. The van der Waals surface area contributed by atoms with E-state index in [4.69, 9.17) is 9.47 Å². The van der Waals surface area contributed by atoms with Crippen LogP contribution in [-0.2, 0) is 10.2 Å². The molecule has 4 aromatic rings. The van der Waals surface area contributed by atoms with Gasteiger partial charge in [-0.1, -0.05) is 72.8 Å². The number of hydrogen-bond acceptors (Lipinski definition) is 6. The number of hydrogen-bond donors (Lipinski definition) is 1. The average molecular weight is 557 g/mol. The fraction of sp³-hybridized carbons (Fsp3) is 0.171. The van der Waals surface area contributed by atoms with E-state index in [1.807, 2.05) is 71.8 Å². The number of rotatable bonds is 6. The molecule has 42 heavy (non-hydrogen) atoms. The molecule has 4 atom stereocenters. The Morgan fingerprint density at radius 1 is 0.833 bits per heavy atom. The molecule has 208 valence electrons. The van der Waals surface area contributed by atoms with Crippen LogP contribution < -0.4 is 14.8 Å². The van der Waals surface area contributed by atoms with Gasteiger partial charge in [-0.25, -0.2) is 0 Å². The van der Waals surface area contributed by atoms with Crippen molar-refractivity contribution in [3.63, 3.8) is 0 Å². The number of carbonyl (C=O) groups is 3. The number of carbonyl (C=O) groups excluding carboxylic acids is 3. The van der Waals surface area contributed by atoms with Gasteiger partial charge >= 0.3 is 0 Å². The van der Waals surface area contributed by atoms with Crippen LogP contribution in [0.25, 0.3) is 6.08 Å². The zero-order valence-corrected chi connectivity index (χ0v) is 23.1. The molecule has 0 aliphatic carbocycles. The number of fused-ring (bicyclic) bond motifs is 6. The Labute approximate surface area is 243 Å². The molecule has 1 spiro atoms. The van der Waals surface area contributed by atoms with Crippen molar-refractivity contribution in [1.82, 2.24) is 4.90 Å². The van der Waals surface area contributed by atoms with Crippen LogP contribution in [0.5, 0.6) is 11.5 Å². The van der Waals surface area contributed by atoms with Crippen molar-refractivity contribution in [2.75, 3.05) is 19.5 Å². The van der Waals surface area contributed by atoms with E-state index in [9.17, 15) is 14.4 Å². The molecule has 0 aromatic heterocycles. The largest absolute Gasteiger partial charge is 0.497 e. The molecule has 7 nitrogen and oxygen atoms in total. The molecule has 0 bridgehead atoms. The molecule has 3 aliphatic heterocycles. The van der Waals surface area contributed by atoms with Gasteiger partial charge < -0.3 is 19.7 Å². The van der Waals surface area contributed by atoms with Crippen molar-refractivity contribution in [3.8, 4) is 11.5 Å². The third-order valence-corrected chi connectivity index (χ3v) is 8.85. The predicted octanol–water partition coefficient (Wildman–Crippen LogP) is 5.69. The van der Waals surface area contributed by atoms with Crippen LogP contribution in [0.1, 0.15) is 43.4 Å². The minimum absolute atomic E-state index is 0.270. The standard InChI is InChI=1S/C35H28N2O5/c1-41-23-16-17-25(28(20-23)42-2)32(39)30-29(31(38)22-11-4-3-5-12-22)35(26-14-8-9-15-27(26)36-34(35)40)33-24-13-7-6-10-21(24)18-19-37(30)33/h3-20,29-30,33H,1-2H3,(H,36,40)/t29-,30+,33+,35-/m0/s1. The van der Waals surface area contributed by atoms with Crippen molar-refractivity contribution in [2.24, 2.45) is 5.92 Å². The number of para-hydroxylation sites is 1. The summed E-state index contributed by atoms with van der Waals surface area (Å²) in [5, 5.41) is 3.07. The second-order valence-corrected chi connectivity index (χ2v) is 10.7. The van der Waals surface area contributed by atoms with Gasteiger partial charge in [0.25, 0.3) is 0 Å². The molecule has 7 rings (SSSR count).